The number of likely N-dealkylation sites (tertiary alicyclic amines) is 1. The minimum absolute atomic E-state index is 0.0398. The first-order valence-electron chi connectivity index (χ1n) is 11.7. The highest BCUT2D eigenvalue weighted by atomic mass is 19.1. The molecule has 1 aliphatic heterocycles. The van der Waals surface area contributed by atoms with Crippen molar-refractivity contribution < 1.29 is 22.8 Å². The number of benzene rings is 3. The van der Waals surface area contributed by atoms with Gasteiger partial charge in [0.15, 0.2) is 0 Å². The lowest BCUT2D eigenvalue weighted by Gasteiger charge is -2.38. The van der Waals surface area contributed by atoms with Gasteiger partial charge in [-0.3, -0.25) is 4.79 Å². The van der Waals surface area contributed by atoms with Crippen molar-refractivity contribution in [1.82, 2.24) is 0 Å². The highest BCUT2D eigenvalue weighted by molar-refractivity contribution is 5.91. The lowest BCUT2D eigenvalue weighted by Crippen LogP contribution is -2.51. The zero-order valence-corrected chi connectivity index (χ0v) is 19.4. The SMILES string of the molecule is C[N@+]1(CCCOc2cc(F)cc(F)c2)CCC(C(C(N)=O)(c2ccccc2)c2ccccc2)C1. The summed E-state index contributed by atoms with van der Waals surface area (Å²) in [4.78, 5) is 13.2. The number of amides is 1. The molecule has 3 aromatic carbocycles. The predicted octanol–water partition coefficient (Wildman–Crippen LogP) is 4.67. The molecule has 178 valence electrons. The van der Waals surface area contributed by atoms with Gasteiger partial charge >= 0.3 is 0 Å². The van der Waals surface area contributed by atoms with E-state index in [0.29, 0.717) is 6.61 Å². The highest BCUT2D eigenvalue weighted by Gasteiger charge is 2.53. The summed E-state index contributed by atoms with van der Waals surface area (Å²) in [7, 11) is 2.18. The van der Waals surface area contributed by atoms with Crippen molar-refractivity contribution in [2.24, 2.45) is 11.7 Å². The molecule has 4 nitrogen and oxygen atoms in total. The van der Waals surface area contributed by atoms with Gasteiger partial charge in [-0.2, -0.15) is 0 Å². The second-order valence-corrected chi connectivity index (χ2v) is 9.45. The molecule has 0 aliphatic carbocycles. The molecule has 3 aromatic rings. The molecule has 6 heteroatoms. The Balaban J connectivity index is 1.51. The molecule has 0 radical (unpaired) electrons. The smallest absolute Gasteiger partial charge is 0.233 e. The molecule has 2 atom stereocenters. The number of quaternary nitrogens is 1. The van der Waals surface area contributed by atoms with Gasteiger partial charge in [0.25, 0.3) is 0 Å². The van der Waals surface area contributed by atoms with Crippen molar-refractivity contribution in [2.75, 3.05) is 33.3 Å². The maximum atomic E-state index is 13.4. The first kappa shape index (κ1) is 23.9. The fourth-order valence-electron chi connectivity index (χ4n) is 5.51. The van der Waals surface area contributed by atoms with Crippen molar-refractivity contribution >= 4 is 5.91 Å². The molecule has 1 saturated heterocycles. The topological polar surface area (TPSA) is 52.3 Å². The van der Waals surface area contributed by atoms with Gasteiger partial charge in [0.2, 0.25) is 5.91 Å². The van der Waals surface area contributed by atoms with Crippen molar-refractivity contribution in [2.45, 2.75) is 18.3 Å². The number of rotatable bonds is 9. The molecule has 0 spiro atoms. The van der Waals surface area contributed by atoms with Crippen LogP contribution < -0.4 is 10.5 Å². The van der Waals surface area contributed by atoms with Gasteiger partial charge < -0.3 is 15.0 Å². The molecule has 1 amide bonds. The maximum Gasteiger partial charge on any atom is 0.233 e. The summed E-state index contributed by atoms with van der Waals surface area (Å²) in [6, 6.07) is 22.9. The largest absolute Gasteiger partial charge is 0.493 e. The van der Waals surface area contributed by atoms with Gasteiger partial charge in [0.05, 0.1) is 33.3 Å². The second kappa shape index (κ2) is 9.94. The van der Waals surface area contributed by atoms with Crippen LogP contribution in [0.4, 0.5) is 8.78 Å². The molecular weight excluding hydrogens is 434 g/mol. The third-order valence-electron chi connectivity index (χ3n) is 7.08. The Morgan fingerprint density at radius 3 is 2.09 bits per heavy atom. The van der Waals surface area contributed by atoms with Gasteiger partial charge in [0.1, 0.15) is 22.8 Å². The molecule has 0 aromatic heterocycles. The molecule has 1 heterocycles. The predicted molar refractivity (Wildman–Crippen MR) is 128 cm³/mol. The van der Waals surface area contributed by atoms with E-state index in [1.54, 1.807) is 0 Å². The van der Waals surface area contributed by atoms with Crippen LogP contribution in [0.1, 0.15) is 24.0 Å². The zero-order valence-electron chi connectivity index (χ0n) is 19.4. The van der Waals surface area contributed by atoms with Crippen LogP contribution in [0.5, 0.6) is 5.75 Å². The number of nitrogens with zero attached hydrogens (tertiary/aromatic N) is 1. The van der Waals surface area contributed by atoms with E-state index in [9.17, 15) is 13.6 Å². The first-order valence-corrected chi connectivity index (χ1v) is 11.7. The van der Waals surface area contributed by atoms with E-state index < -0.39 is 17.0 Å². The second-order valence-electron chi connectivity index (χ2n) is 9.45. The van der Waals surface area contributed by atoms with Gasteiger partial charge in [-0.15, -0.1) is 0 Å². The summed E-state index contributed by atoms with van der Waals surface area (Å²) in [5.41, 5.74) is 7.12. The molecule has 34 heavy (non-hydrogen) atoms. The molecule has 0 saturated carbocycles. The summed E-state index contributed by atoms with van der Waals surface area (Å²) in [6.45, 7) is 2.89. The van der Waals surface area contributed by atoms with E-state index in [-0.39, 0.29) is 17.6 Å². The highest BCUT2D eigenvalue weighted by Crippen LogP contribution is 2.45. The van der Waals surface area contributed by atoms with Crippen molar-refractivity contribution in [3.05, 3.63) is 102 Å². The monoisotopic (exact) mass is 465 g/mol. The van der Waals surface area contributed by atoms with Crippen LogP contribution in [-0.2, 0) is 10.2 Å². The number of carbonyl (C=O) groups is 1. The zero-order chi connectivity index (χ0) is 24.2. The molecule has 1 aliphatic rings. The van der Waals surface area contributed by atoms with E-state index in [2.05, 4.69) is 7.05 Å². The standard InChI is InChI=1S/C28H30F2N2O2/c1-32(14-8-16-34-26-18-24(29)17-25(30)19-26)15-13-23(20-32)28(27(31)33,21-9-4-2-5-10-21)22-11-6-3-7-12-22/h2-7,9-12,17-19,23H,8,13-16,20H2,1H3,(H-,31,33)/p+1/t23?,32-/m0/s1. The van der Waals surface area contributed by atoms with Gasteiger partial charge in [-0.25, -0.2) is 8.78 Å². The summed E-state index contributed by atoms with van der Waals surface area (Å²) in [5, 5.41) is 0. The summed E-state index contributed by atoms with van der Waals surface area (Å²) >= 11 is 0. The summed E-state index contributed by atoms with van der Waals surface area (Å²) < 4.78 is 33.1. The quantitative estimate of drug-likeness (QED) is 0.369. The van der Waals surface area contributed by atoms with Crippen LogP contribution >= 0.6 is 0 Å². The maximum absolute atomic E-state index is 13.4. The third-order valence-corrected chi connectivity index (χ3v) is 7.08. The average molecular weight is 466 g/mol. The third kappa shape index (κ3) is 4.82. The molecule has 2 N–H and O–H groups in total. The van der Waals surface area contributed by atoms with Gasteiger partial charge in [-0.05, 0) is 11.1 Å². The molecule has 4 rings (SSSR count). The van der Waals surface area contributed by atoms with E-state index in [1.807, 2.05) is 60.7 Å². The Morgan fingerprint density at radius 1 is 1.00 bits per heavy atom. The lowest BCUT2D eigenvalue weighted by atomic mass is 9.64. The van der Waals surface area contributed by atoms with Gasteiger partial charge in [-0.1, -0.05) is 60.7 Å². The fourth-order valence-corrected chi connectivity index (χ4v) is 5.51. The Kier molecular flexibility index (Phi) is 6.98. The number of primary amides is 1. The minimum atomic E-state index is -0.909. The van der Waals surface area contributed by atoms with E-state index in [4.69, 9.17) is 10.5 Å². The van der Waals surface area contributed by atoms with Crippen LogP contribution in [0.3, 0.4) is 0 Å². The van der Waals surface area contributed by atoms with Crippen molar-refractivity contribution in [3.8, 4) is 5.75 Å². The summed E-state index contributed by atoms with van der Waals surface area (Å²) in [5.74, 6) is -1.40. The number of nitrogens with two attached hydrogens (primary N) is 1. The lowest BCUT2D eigenvalue weighted by molar-refractivity contribution is -0.899. The number of hydrogen-bond acceptors (Lipinski definition) is 2. The Hall–Kier alpha value is -3.25. The number of carbonyl (C=O) groups excluding carboxylic acids is 1. The van der Waals surface area contributed by atoms with E-state index in [1.165, 1.54) is 12.1 Å². The summed E-state index contributed by atoms with van der Waals surface area (Å²) in [6.07, 6.45) is 1.58. The fraction of sp³-hybridized carbons (Fsp3) is 0.321. The normalized spacial score (nSPS) is 20.3. The average Bonchev–Trinajstić information content (AvgIpc) is 3.20. The number of ether oxygens (including phenoxy) is 1. The Bertz CT molecular complexity index is 1060. The molecular formula is C28H31F2N2O2+. The van der Waals surface area contributed by atoms with E-state index >= 15 is 0 Å². The van der Waals surface area contributed by atoms with Crippen LogP contribution in [-0.4, -0.2) is 43.7 Å². The molecule has 1 fully saturated rings. The van der Waals surface area contributed by atoms with E-state index in [0.717, 1.165) is 54.2 Å². The number of hydrogen-bond donors (Lipinski definition) is 1. The minimum Gasteiger partial charge on any atom is -0.493 e. The Morgan fingerprint density at radius 2 is 1.56 bits per heavy atom. The molecule has 1 unspecified atom stereocenters. The van der Waals surface area contributed by atoms with Crippen LogP contribution in [0.2, 0.25) is 0 Å². The van der Waals surface area contributed by atoms with Crippen LogP contribution in [0.25, 0.3) is 0 Å². The van der Waals surface area contributed by atoms with Crippen molar-refractivity contribution in [1.29, 1.82) is 0 Å². The van der Waals surface area contributed by atoms with Crippen LogP contribution in [0, 0.1) is 17.6 Å². The first-order chi connectivity index (χ1) is 16.3. The number of halogens is 2. The van der Waals surface area contributed by atoms with Crippen molar-refractivity contribution in [3.63, 3.8) is 0 Å². The Labute approximate surface area is 199 Å². The van der Waals surface area contributed by atoms with Crippen LogP contribution in [0.15, 0.2) is 78.9 Å². The molecule has 0 bridgehead atoms. The van der Waals surface area contributed by atoms with Gasteiger partial charge in [0, 0.05) is 37.0 Å².